The third kappa shape index (κ3) is 17.7. The lowest BCUT2D eigenvalue weighted by molar-refractivity contribution is -0.120. The zero-order valence-electron chi connectivity index (χ0n) is 17.9. The molecule has 0 saturated carbocycles. The summed E-state index contributed by atoms with van der Waals surface area (Å²) >= 11 is 0. The van der Waals surface area contributed by atoms with Crippen LogP contribution in [0, 0.1) is 10.8 Å². The maximum atomic E-state index is 11.9. The van der Waals surface area contributed by atoms with Crippen molar-refractivity contribution in [3.8, 4) is 0 Å². The highest BCUT2D eigenvalue weighted by Crippen LogP contribution is 2.26. The Balaban J connectivity index is 4.01. The largest absolute Gasteiger partial charge is 0.300 e. The molecule has 2 N–H and O–H groups in total. The Morgan fingerprint density at radius 2 is 0.897 bits per heavy atom. The van der Waals surface area contributed by atoms with Crippen LogP contribution < -0.4 is 0 Å². The first-order valence-corrected chi connectivity index (χ1v) is 13.1. The highest BCUT2D eigenvalue weighted by Gasteiger charge is 2.25. The van der Waals surface area contributed by atoms with Gasteiger partial charge in [0.2, 0.25) is 0 Å². The van der Waals surface area contributed by atoms with Gasteiger partial charge in [0.15, 0.2) is 0 Å². The van der Waals surface area contributed by atoms with Crippen LogP contribution in [0.1, 0.15) is 85.5 Å². The SMILES string of the molecule is CC(C)(CCCC(=O)CCCC(=O)CCCC(C)(C)CS(=O)(=O)O)CS(=O)(=O)O. The lowest BCUT2D eigenvalue weighted by Gasteiger charge is -2.22. The van der Waals surface area contributed by atoms with E-state index in [1.54, 1.807) is 27.7 Å². The van der Waals surface area contributed by atoms with Crippen molar-refractivity contribution in [2.24, 2.45) is 10.8 Å². The Kier molecular flexibility index (Phi) is 11.2. The second kappa shape index (κ2) is 11.5. The maximum Gasteiger partial charge on any atom is 0.265 e. The fourth-order valence-electron chi connectivity index (χ4n) is 3.39. The normalized spacial score (nSPS) is 13.4. The Morgan fingerprint density at radius 3 is 1.17 bits per heavy atom. The first-order chi connectivity index (χ1) is 12.9. The van der Waals surface area contributed by atoms with Gasteiger partial charge in [-0.3, -0.25) is 18.7 Å². The molecule has 0 rings (SSSR count). The number of rotatable bonds is 16. The average molecular weight is 457 g/mol. The molecule has 0 aromatic heterocycles. The minimum atomic E-state index is -4.05. The number of Topliss-reactive ketones (excluding diaryl/α,β-unsaturated/α-hetero) is 2. The van der Waals surface area contributed by atoms with Crippen LogP contribution in [0.5, 0.6) is 0 Å². The summed E-state index contributed by atoms with van der Waals surface area (Å²) in [7, 11) is -8.09. The molecular weight excluding hydrogens is 420 g/mol. The van der Waals surface area contributed by atoms with E-state index in [2.05, 4.69) is 0 Å². The molecule has 0 radical (unpaired) electrons. The molecule has 0 fully saturated rings. The molecule has 0 unspecified atom stereocenters. The molecule has 29 heavy (non-hydrogen) atoms. The van der Waals surface area contributed by atoms with Crippen molar-refractivity contribution in [2.75, 3.05) is 11.5 Å². The standard InChI is InChI=1S/C19H36O8S2/c1-18(2,14-28(22,23)24)12-6-10-16(20)8-5-9-17(21)11-7-13-19(3,4)15-29(25,26)27/h5-15H2,1-4H3,(H,22,23,24)(H,25,26,27). The van der Waals surface area contributed by atoms with Gasteiger partial charge in [-0.25, -0.2) is 0 Å². The van der Waals surface area contributed by atoms with Crippen LogP contribution in [0.25, 0.3) is 0 Å². The summed E-state index contributed by atoms with van der Waals surface area (Å²) in [5, 5.41) is 0. The fourth-order valence-corrected chi connectivity index (χ4v) is 5.66. The van der Waals surface area contributed by atoms with E-state index in [4.69, 9.17) is 9.11 Å². The summed E-state index contributed by atoms with van der Waals surface area (Å²) in [5.74, 6) is -0.641. The number of carbonyl (C=O) groups excluding carboxylic acids is 2. The van der Waals surface area contributed by atoms with Crippen molar-refractivity contribution in [1.82, 2.24) is 0 Å². The molecule has 0 atom stereocenters. The molecule has 0 spiro atoms. The fraction of sp³-hybridized carbons (Fsp3) is 0.895. The summed E-state index contributed by atoms with van der Waals surface area (Å²) < 4.78 is 61.7. The Morgan fingerprint density at radius 1 is 0.621 bits per heavy atom. The third-order valence-electron chi connectivity index (χ3n) is 4.68. The van der Waals surface area contributed by atoms with Crippen molar-refractivity contribution in [2.45, 2.75) is 85.5 Å². The van der Waals surface area contributed by atoms with Crippen LogP contribution >= 0.6 is 0 Å². The van der Waals surface area contributed by atoms with Crippen LogP contribution in [0.15, 0.2) is 0 Å². The van der Waals surface area contributed by atoms with E-state index >= 15 is 0 Å². The Labute approximate surface area is 175 Å². The summed E-state index contributed by atoms with van der Waals surface area (Å²) in [6.45, 7) is 6.89. The van der Waals surface area contributed by atoms with Gasteiger partial charge in [0, 0.05) is 25.7 Å². The summed E-state index contributed by atoms with van der Waals surface area (Å²) in [4.78, 5) is 23.8. The number of ketones is 2. The second-order valence-corrected chi connectivity index (χ2v) is 12.3. The van der Waals surface area contributed by atoms with Crippen molar-refractivity contribution in [3.63, 3.8) is 0 Å². The Bertz CT molecular complexity index is 685. The van der Waals surface area contributed by atoms with Gasteiger partial charge in [0.1, 0.15) is 11.6 Å². The molecule has 172 valence electrons. The van der Waals surface area contributed by atoms with E-state index < -0.39 is 31.1 Å². The summed E-state index contributed by atoms with van der Waals surface area (Å²) in [6, 6.07) is 0. The van der Waals surface area contributed by atoms with Gasteiger partial charge in [-0.15, -0.1) is 0 Å². The number of hydrogen-bond acceptors (Lipinski definition) is 6. The predicted molar refractivity (Wildman–Crippen MR) is 112 cm³/mol. The molecule has 0 amide bonds. The highest BCUT2D eigenvalue weighted by atomic mass is 32.2. The third-order valence-corrected chi connectivity index (χ3v) is 6.97. The first kappa shape index (κ1) is 28.2. The van der Waals surface area contributed by atoms with Crippen molar-refractivity contribution in [3.05, 3.63) is 0 Å². The molecule has 0 saturated heterocycles. The minimum absolute atomic E-state index is 0.0229. The molecule has 0 aliphatic carbocycles. The molecular formula is C19H36O8S2. The van der Waals surface area contributed by atoms with Crippen LogP contribution in [0.4, 0.5) is 0 Å². The van der Waals surface area contributed by atoms with Gasteiger partial charge < -0.3 is 0 Å². The Hall–Kier alpha value is -0.840. The maximum absolute atomic E-state index is 11.9. The quantitative estimate of drug-likeness (QED) is 0.336. The highest BCUT2D eigenvalue weighted by molar-refractivity contribution is 7.86. The van der Waals surface area contributed by atoms with Crippen molar-refractivity contribution < 1.29 is 35.5 Å². The van der Waals surface area contributed by atoms with Crippen LogP contribution in [0.2, 0.25) is 0 Å². The van der Waals surface area contributed by atoms with E-state index in [0.717, 1.165) is 0 Å². The monoisotopic (exact) mass is 456 g/mol. The average Bonchev–Trinajstić information content (AvgIpc) is 2.41. The molecule has 0 aromatic carbocycles. The molecule has 0 aliphatic rings. The number of carbonyl (C=O) groups is 2. The molecule has 0 aromatic rings. The van der Waals surface area contributed by atoms with Crippen LogP contribution in [-0.2, 0) is 29.8 Å². The van der Waals surface area contributed by atoms with E-state index in [1.165, 1.54) is 0 Å². The van der Waals surface area contributed by atoms with E-state index in [1.807, 2.05) is 0 Å². The van der Waals surface area contributed by atoms with E-state index in [9.17, 15) is 26.4 Å². The van der Waals surface area contributed by atoms with Gasteiger partial charge in [0.05, 0.1) is 11.5 Å². The zero-order valence-corrected chi connectivity index (χ0v) is 19.6. The second-order valence-electron chi connectivity index (χ2n) is 9.42. The van der Waals surface area contributed by atoms with Crippen molar-refractivity contribution >= 4 is 31.8 Å². The first-order valence-electron chi connectivity index (χ1n) is 9.85. The predicted octanol–water partition coefficient (Wildman–Crippen LogP) is 3.46. The van der Waals surface area contributed by atoms with Gasteiger partial charge >= 0.3 is 0 Å². The number of hydrogen-bond donors (Lipinski definition) is 2. The van der Waals surface area contributed by atoms with Crippen molar-refractivity contribution in [1.29, 1.82) is 0 Å². The molecule has 10 heteroatoms. The lowest BCUT2D eigenvalue weighted by Crippen LogP contribution is -2.23. The van der Waals surface area contributed by atoms with Crippen LogP contribution in [0.3, 0.4) is 0 Å². The molecule has 0 bridgehead atoms. The molecule has 0 heterocycles. The molecule has 8 nitrogen and oxygen atoms in total. The zero-order chi connectivity index (χ0) is 22.9. The summed E-state index contributed by atoms with van der Waals surface area (Å²) in [6.07, 6.45) is 3.71. The van der Waals surface area contributed by atoms with Gasteiger partial charge in [-0.1, -0.05) is 27.7 Å². The topological polar surface area (TPSA) is 143 Å². The van der Waals surface area contributed by atoms with E-state index in [0.29, 0.717) is 57.8 Å². The van der Waals surface area contributed by atoms with Gasteiger partial charge in [0.25, 0.3) is 20.2 Å². The lowest BCUT2D eigenvalue weighted by atomic mass is 9.88. The van der Waals surface area contributed by atoms with Gasteiger partial charge in [-0.2, -0.15) is 16.8 Å². The summed E-state index contributed by atoms with van der Waals surface area (Å²) in [5.41, 5.74) is -1.21. The van der Waals surface area contributed by atoms with Gasteiger partial charge in [-0.05, 0) is 42.9 Å². The van der Waals surface area contributed by atoms with E-state index in [-0.39, 0.29) is 23.1 Å². The van der Waals surface area contributed by atoms with Crippen LogP contribution in [-0.4, -0.2) is 49.0 Å². The minimum Gasteiger partial charge on any atom is -0.300 e. The molecule has 0 aliphatic heterocycles. The smallest absolute Gasteiger partial charge is 0.265 e.